The molecule has 0 bridgehead atoms. The van der Waals surface area contributed by atoms with Gasteiger partial charge in [-0.2, -0.15) is 0 Å². The van der Waals surface area contributed by atoms with Gasteiger partial charge in [0, 0.05) is 16.3 Å². The molecule has 1 aromatic rings. The number of nitrogens with two attached hydrogens (primary N) is 1. The van der Waals surface area contributed by atoms with E-state index in [0.29, 0.717) is 16.3 Å². The summed E-state index contributed by atoms with van der Waals surface area (Å²) >= 11 is 5.56. The van der Waals surface area contributed by atoms with Crippen LogP contribution in [0.25, 0.3) is 5.03 Å². The van der Waals surface area contributed by atoms with Crippen LogP contribution in [-0.2, 0) is 0 Å². The summed E-state index contributed by atoms with van der Waals surface area (Å²) in [5.41, 5.74) is 6.32. The predicted octanol–water partition coefficient (Wildman–Crippen LogP) is 2.62. The lowest BCUT2D eigenvalue weighted by Gasteiger charge is -2.01. The first-order valence-electron chi connectivity index (χ1n) is 3.01. The van der Waals surface area contributed by atoms with Gasteiger partial charge in [0.2, 0.25) is 0 Å². The zero-order valence-electron chi connectivity index (χ0n) is 5.77. The molecular formula is C8H7ClFN. The van der Waals surface area contributed by atoms with Crippen molar-refractivity contribution in [1.29, 1.82) is 0 Å². The highest BCUT2D eigenvalue weighted by atomic mass is 35.5. The smallest absolute Gasteiger partial charge is 0.125 e. The fourth-order valence-corrected chi connectivity index (χ4v) is 0.953. The standard InChI is InChI=1S/C8H7ClFN/c1-5(9)7-3-2-6(10)4-8(7)11/h2-4H,1,11H2. The molecule has 0 fully saturated rings. The molecular weight excluding hydrogens is 165 g/mol. The molecule has 11 heavy (non-hydrogen) atoms. The van der Waals surface area contributed by atoms with E-state index in [2.05, 4.69) is 6.58 Å². The number of rotatable bonds is 1. The Kier molecular flexibility index (Phi) is 2.15. The molecule has 0 radical (unpaired) electrons. The molecule has 0 aliphatic heterocycles. The summed E-state index contributed by atoms with van der Waals surface area (Å²) in [5, 5.41) is 0.322. The molecule has 0 heterocycles. The summed E-state index contributed by atoms with van der Waals surface area (Å²) < 4.78 is 12.5. The average molecular weight is 172 g/mol. The zero-order chi connectivity index (χ0) is 8.43. The van der Waals surface area contributed by atoms with E-state index in [1.54, 1.807) is 0 Å². The van der Waals surface area contributed by atoms with Crippen LogP contribution >= 0.6 is 11.6 Å². The Labute approximate surface area is 69.3 Å². The maximum atomic E-state index is 12.5. The van der Waals surface area contributed by atoms with Crippen LogP contribution in [0.3, 0.4) is 0 Å². The van der Waals surface area contributed by atoms with Gasteiger partial charge >= 0.3 is 0 Å². The molecule has 0 aromatic heterocycles. The molecule has 0 unspecified atom stereocenters. The van der Waals surface area contributed by atoms with Crippen molar-refractivity contribution in [2.45, 2.75) is 0 Å². The molecule has 0 atom stereocenters. The van der Waals surface area contributed by atoms with E-state index in [1.807, 2.05) is 0 Å². The number of hydrogen-bond acceptors (Lipinski definition) is 1. The molecule has 1 rings (SSSR count). The fraction of sp³-hybridized carbons (Fsp3) is 0. The van der Waals surface area contributed by atoms with E-state index in [4.69, 9.17) is 17.3 Å². The van der Waals surface area contributed by atoms with Gasteiger partial charge in [-0.15, -0.1) is 0 Å². The van der Waals surface area contributed by atoms with Crippen LogP contribution in [0.1, 0.15) is 5.56 Å². The minimum Gasteiger partial charge on any atom is -0.398 e. The van der Waals surface area contributed by atoms with Crippen LogP contribution < -0.4 is 5.73 Å². The Balaban J connectivity index is 3.20. The highest BCUT2D eigenvalue weighted by Gasteiger charge is 2.01. The van der Waals surface area contributed by atoms with Crippen molar-refractivity contribution in [1.82, 2.24) is 0 Å². The van der Waals surface area contributed by atoms with Crippen molar-refractivity contribution in [2.75, 3.05) is 5.73 Å². The number of nitrogen functional groups attached to an aromatic ring is 1. The van der Waals surface area contributed by atoms with Crippen molar-refractivity contribution in [3.63, 3.8) is 0 Å². The number of halogens is 2. The minimum absolute atomic E-state index is 0.310. The fourth-order valence-electron chi connectivity index (χ4n) is 0.781. The molecule has 1 aromatic carbocycles. The zero-order valence-corrected chi connectivity index (χ0v) is 6.53. The van der Waals surface area contributed by atoms with Crippen LogP contribution in [0.5, 0.6) is 0 Å². The first kappa shape index (κ1) is 8.08. The number of hydrogen-bond donors (Lipinski definition) is 1. The Morgan fingerprint density at radius 1 is 1.55 bits per heavy atom. The first-order valence-corrected chi connectivity index (χ1v) is 3.39. The van der Waals surface area contributed by atoms with Gasteiger partial charge in [-0.1, -0.05) is 18.2 Å². The van der Waals surface area contributed by atoms with E-state index in [9.17, 15) is 4.39 Å². The average Bonchev–Trinajstić information content (AvgIpc) is 1.85. The van der Waals surface area contributed by atoms with Gasteiger partial charge in [-0.3, -0.25) is 0 Å². The van der Waals surface area contributed by atoms with Crippen molar-refractivity contribution < 1.29 is 4.39 Å². The van der Waals surface area contributed by atoms with Crippen LogP contribution in [-0.4, -0.2) is 0 Å². The Hall–Kier alpha value is -1.02. The van der Waals surface area contributed by atoms with Crippen LogP contribution in [0.4, 0.5) is 10.1 Å². The third-order valence-corrected chi connectivity index (χ3v) is 1.51. The van der Waals surface area contributed by atoms with Crippen molar-refractivity contribution in [2.24, 2.45) is 0 Å². The number of benzene rings is 1. The summed E-state index contributed by atoms with van der Waals surface area (Å²) in [7, 11) is 0. The normalized spacial score (nSPS) is 9.64. The summed E-state index contributed by atoms with van der Waals surface area (Å²) in [6.45, 7) is 3.48. The van der Waals surface area contributed by atoms with Crippen LogP contribution in [0, 0.1) is 5.82 Å². The lowest BCUT2D eigenvalue weighted by molar-refractivity contribution is 0.628. The lowest BCUT2D eigenvalue weighted by atomic mass is 10.2. The predicted molar refractivity (Wildman–Crippen MR) is 45.7 cm³/mol. The molecule has 0 saturated carbocycles. The summed E-state index contributed by atoms with van der Waals surface area (Å²) in [4.78, 5) is 0. The van der Waals surface area contributed by atoms with Gasteiger partial charge in [0.15, 0.2) is 0 Å². The molecule has 0 amide bonds. The molecule has 0 saturated heterocycles. The van der Waals surface area contributed by atoms with E-state index < -0.39 is 0 Å². The van der Waals surface area contributed by atoms with Crippen molar-refractivity contribution in [3.05, 3.63) is 36.2 Å². The maximum absolute atomic E-state index is 12.5. The Morgan fingerprint density at radius 2 is 2.18 bits per heavy atom. The molecule has 1 nitrogen and oxygen atoms in total. The molecule has 0 aliphatic carbocycles. The van der Waals surface area contributed by atoms with Gasteiger partial charge in [-0.25, -0.2) is 4.39 Å². The summed E-state index contributed by atoms with van der Waals surface area (Å²) in [6.07, 6.45) is 0. The van der Waals surface area contributed by atoms with Crippen LogP contribution in [0.2, 0.25) is 0 Å². The molecule has 2 N–H and O–H groups in total. The van der Waals surface area contributed by atoms with E-state index in [-0.39, 0.29) is 5.82 Å². The monoisotopic (exact) mass is 171 g/mol. The number of anilines is 1. The first-order chi connectivity index (χ1) is 5.11. The van der Waals surface area contributed by atoms with E-state index in [1.165, 1.54) is 18.2 Å². The molecule has 3 heteroatoms. The van der Waals surface area contributed by atoms with Gasteiger partial charge in [0.25, 0.3) is 0 Å². The van der Waals surface area contributed by atoms with E-state index >= 15 is 0 Å². The Morgan fingerprint density at radius 3 is 2.64 bits per heavy atom. The van der Waals surface area contributed by atoms with Crippen LogP contribution in [0.15, 0.2) is 24.8 Å². The van der Waals surface area contributed by atoms with E-state index in [0.717, 1.165) is 0 Å². The van der Waals surface area contributed by atoms with Gasteiger partial charge in [-0.05, 0) is 18.2 Å². The maximum Gasteiger partial charge on any atom is 0.125 e. The largest absolute Gasteiger partial charge is 0.398 e. The second kappa shape index (κ2) is 2.93. The lowest BCUT2D eigenvalue weighted by Crippen LogP contribution is -1.91. The molecule has 58 valence electrons. The second-order valence-electron chi connectivity index (χ2n) is 2.14. The molecule has 0 spiro atoms. The summed E-state index contributed by atoms with van der Waals surface area (Å²) in [6, 6.07) is 4.00. The van der Waals surface area contributed by atoms with Gasteiger partial charge in [0.1, 0.15) is 5.82 Å². The third-order valence-electron chi connectivity index (χ3n) is 1.31. The topological polar surface area (TPSA) is 26.0 Å². The highest BCUT2D eigenvalue weighted by molar-refractivity contribution is 6.48. The minimum atomic E-state index is -0.371. The third kappa shape index (κ3) is 1.71. The van der Waals surface area contributed by atoms with Gasteiger partial charge < -0.3 is 5.73 Å². The van der Waals surface area contributed by atoms with Crippen molar-refractivity contribution in [3.8, 4) is 0 Å². The van der Waals surface area contributed by atoms with Crippen molar-refractivity contribution >= 4 is 22.3 Å². The SMILES string of the molecule is C=C(Cl)c1ccc(F)cc1N. The summed E-state index contributed by atoms with van der Waals surface area (Å²) in [5.74, 6) is -0.371. The second-order valence-corrected chi connectivity index (χ2v) is 2.59. The van der Waals surface area contributed by atoms with Gasteiger partial charge in [0.05, 0.1) is 0 Å². The Bertz CT molecular complexity index is 296. The quantitative estimate of drug-likeness (QED) is 0.646. The highest BCUT2D eigenvalue weighted by Crippen LogP contribution is 2.23. The molecule has 0 aliphatic rings.